The van der Waals surface area contributed by atoms with Crippen molar-refractivity contribution in [3.63, 3.8) is 0 Å². The number of carbonyl (C=O) groups is 1. The van der Waals surface area contributed by atoms with Gasteiger partial charge in [0.15, 0.2) is 6.29 Å². The van der Waals surface area contributed by atoms with E-state index in [-0.39, 0.29) is 0 Å². The smallest absolute Gasteiger partial charge is 0.153 e. The summed E-state index contributed by atoms with van der Waals surface area (Å²) in [7, 11) is 0. The van der Waals surface area contributed by atoms with Crippen LogP contribution in [0.5, 0.6) is 0 Å². The van der Waals surface area contributed by atoms with Crippen LogP contribution in [0.15, 0.2) is 18.3 Å². The summed E-state index contributed by atoms with van der Waals surface area (Å²) in [5.41, 5.74) is 1.51. The van der Waals surface area contributed by atoms with E-state index in [1.807, 2.05) is 10.9 Å². The summed E-state index contributed by atoms with van der Waals surface area (Å²) < 4.78 is 1.89. The molecule has 0 saturated heterocycles. The Morgan fingerprint density at radius 3 is 2.79 bits per heavy atom. The zero-order valence-corrected chi connectivity index (χ0v) is 12.5. The number of nitrogens with zero attached hydrogens (tertiary/aromatic N) is 2. The molecular formula is C15H20N2OS. The number of carbonyl (C=O) groups excluding carboxylic acids is 1. The normalized spacial score (nSPS) is 11.2. The van der Waals surface area contributed by atoms with E-state index >= 15 is 0 Å². The Kier molecular flexibility index (Phi) is 4.53. The minimum Gasteiger partial charge on any atom is -0.298 e. The largest absolute Gasteiger partial charge is 0.298 e. The lowest BCUT2D eigenvalue weighted by Crippen LogP contribution is -2.01. The quantitative estimate of drug-likeness (QED) is 0.746. The molecule has 0 unspecified atom stereocenters. The molecule has 0 N–H and O–H groups in total. The van der Waals surface area contributed by atoms with Gasteiger partial charge in [0.2, 0.25) is 0 Å². The molecule has 3 nitrogen and oxygen atoms in total. The summed E-state index contributed by atoms with van der Waals surface area (Å²) in [6.07, 6.45) is 4.86. The van der Waals surface area contributed by atoms with Crippen molar-refractivity contribution >= 4 is 17.6 Å². The molecular weight excluding hydrogens is 256 g/mol. The predicted octanol–water partition coefficient (Wildman–Crippen LogP) is 4.03. The molecule has 0 atom stereocenters. The van der Waals surface area contributed by atoms with Gasteiger partial charge in [-0.1, -0.05) is 20.8 Å². The van der Waals surface area contributed by atoms with Gasteiger partial charge in [-0.25, -0.2) is 0 Å². The lowest BCUT2D eigenvalue weighted by Gasteiger charge is -2.03. The van der Waals surface area contributed by atoms with Gasteiger partial charge in [0, 0.05) is 17.6 Å². The van der Waals surface area contributed by atoms with Crippen molar-refractivity contribution in [2.45, 2.75) is 40.2 Å². The maximum absolute atomic E-state index is 11.2. The summed E-state index contributed by atoms with van der Waals surface area (Å²) in [4.78, 5) is 13.6. The lowest BCUT2D eigenvalue weighted by molar-refractivity contribution is 0.112. The fourth-order valence-electron chi connectivity index (χ4n) is 1.91. The van der Waals surface area contributed by atoms with Crippen LogP contribution < -0.4 is 0 Å². The standard InChI is InChI=1S/C15H20N2OS/c1-4-13-5-6-14(19-13)15-12(10-18)9-17(16-15)8-7-11(2)3/h5-6,9-11H,4,7-8H2,1-3H3. The van der Waals surface area contributed by atoms with Gasteiger partial charge in [-0.2, -0.15) is 5.10 Å². The number of aldehydes is 1. The fraction of sp³-hybridized carbons (Fsp3) is 0.467. The molecule has 0 aliphatic rings. The third-order valence-electron chi connectivity index (χ3n) is 3.10. The number of rotatable bonds is 6. The SMILES string of the molecule is CCc1ccc(-c2nn(CCC(C)C)cc2C=O)s1. The molecule has 0 amide bonds. The van der Waals surface area contributed by atoms with E-state index < -0.39 is 0 Å². The topological polar surface area (TPSA) is 34.9 Å². The van der Waals surface area contributed by atoms with Crippen molar-refractivity contribution in [3.8, 4) is 10.6 Å². The molecule has 0 saturated carbocycles. The van der Waals surface area contributed by atoms with Gasteiger partial charge < -0.3 is 0 Å². The van der Waals surface area contributed by atoms with Crippen molar-refractivity contribution in [1.82, 2.24) is 9.78 Å². The van der Waals surface area contributed by atoms with E-state index in [2.05, 4.69) is 38.0 Å². The molecule has 102 valence electrons. The van der Waals surface area contributed by atoms with Crippen LogP contribution in [0.2, 0.25) is 0 Å². The van der Waals surface area contributed by atoms with Crippen LogP contribution >= 0.6 is 11.3 Å². The van der Waals surface area contributed by atoms with E-state index in [0.29, 0.717) is 11.5 Å². The van der Waals surface area contributed by atoms with Crippen LogP contribution in [0.25, 0.3) is 10.6 Å². The zero-order valence-electron chi connectivity index (χ0n) is 11.7. The minimum atomic E-state index is 0.640. The van der Waals surface area contributed by atoms with E-state index in [4.69, 9.17) is 0 Å². The third-order valence-corrected chi connectivity index (χ3v) is 4.33. The van der Waals surface area contributed by atoms with Crippen LogP contribution in [0, 0.1) is 5.92 Å². The van der Waals surface area contributed by atoms with Crippen LogP contribution in [-0.2, 0) is 13.0 Å². The molecule has 4 heteroatoms. The highest BCUT2D eigenvalue weighted by Gasteiger charge is 2.12. The lowest BCUT2D eigenvalue weighted by atomic mass is 10.1. The van der Waals surface area contributed by atoms with Gasteiger partial charge >= 0.3 is 0 Å². The number of hydrogen-bond acceptors (Lipinski definition) is 3. The van der Waals surface area contributed by atoms with E-state index in [1.54, 1.807) is 11.3 Å². The van der Waals surface area contributed by atoms with Gasteiger partial charge in [-0.05, 0) is 30.9 Å². The number of aromatic nitrogens is 2. The summed E-state index contributed by atoms with van der Waals surface area (Å²) in [5.74, 6) is 0.640. The zero-order chi connectivity index (χ0) is 13.8. The Balaban J connectivity index is 2.26. The first-order valence-electron chi connectivity index (χ1n) is 6.75. The molecule has 2 rings (SSSR count). The summed E-state index contributed by atoms with van der Waals surface area (Å²) in [6, 6.07) is 4.17. The van der Waals surface area contributed by atoms with E-state index in [1.165, 1.54) is 4.88 Å². The van der Waals surface area contributed by atoms with Crippen molar-refractivity contribution < 1.29 is 4.79 Å². The first kappa shape index (κ1) is 14.0. The van der Waals surface area contributed by atoms with Crippen molar-refractivity contribution in [1.29, 1.82) is 0 Å². The molecule has 0 spiro atoms. The molecule has 0 bridgehead atoms. The second-order valence-corrected chi connectivity index (χ2v) is 6.28. The molecule has 0 aliphatic heterocycles. The second kappa shape index (κ2) is 6.15. The van der Waals surface area contributed by atoms with Gasteiger partial charge in [0.1, 0.15) is 5.69 Å². The Hall–Kier alpha value is -1.42. The molecule has 2 heterocycles. The highest BCUT2D eigenvalue weighted by atomic mass is 32.1. The van der Waals surface area contributed by atoms with Crippen LogP contribution in [-0.4, -0.2) is 16.1 Å². The molecule has 0 fully saturated rings. The third kappa shape index (κ3) is 3.32. The fourth-order valence-corrected chi connectivity index (χ4v) is 2.87. The Morgan fingerprint density at radius 2 is 2.21 bits per heavy atom. The summed E-state index contributed by atoms with van der Waals surface area (Å²) in [6.45, 7) is 7.39. The Bertz CT molecular complexity index is 554. The molecule has 0 aromatic carbocycles. The molecule has 0 aliphatic carbocycles. The van der Waals surface area contributed by atoms with Crippen LogP contribution in [0.3, 0.4) is 0 Å². The second-order valence-electron chi connectivity index (χ2n) is 5.12. The van der Waals surface area contributed by atoms with Crippen molar-refractivity contribution in [2.24, 2.45) is 5.92 Å². The van der Waals surface area contributed by atoms with Crippen molar-refractivity contribution in [2.75, 3.05) is 0 Å². The maximum atomic E-state index is 11.2. The average Bonchev–Trinajstić information content (AvgIpc) is 3.02. The van der Waals surface area contributed by atoms with Crippen LogP contribution in [0.1, 0.15) is 42.4 Å². The highest BCUT2D eigenvalue weighted by Crippen LogP contribution is 2.29. The van der Waals surface area contributed by atoms with E-state index in [0.717, 1.165) is 36.2 Å². The number of thiophene rings is 1. The summed E-state index contributed by atoms with van der Waals surface area (Å²) >= 11 is 1.72. The Labute approximate surface area is 118 Å². The average molecular weight is 276 g/mol. The molecule has 19 heavy (non-hydrogen) atoms. The van der Waals surface area contributed by atoms with Gasteiger partial charge in [-0.15, -0.1) is 11.3 Å². The van der Waals surface area contributed by atoms with E-state index in [9.17, 15) is 4.79 Å². The summed E-state index contributed by atoms with van der Waals surface area (Å²) in [5, 5.41) is 4.57. The van der Waals surface area contributed by atoms with Gasteiger partial charge in [0.05, 0.1) is 10.4 Å². The van der Waals surface area contributed by atoms with Crippen molar-refractivity contribution in [3.05, 3.63) is 28.8 Å². The number of hydrogen-bond donors (Lipinski definition) is 0. The predicted molar refractivity (Wildman–Crippen MR) is 79.8 cm³/mol. The Morgan fingerprint density at radius 1 is 1.42 bits per heavy atom. The first-order chi connectivity index (χ1) is 9.13. The highest BCUT2D eigenvalue weighted by molar-refractivity contribution is 7.15. The molecule has 2 aromatic heterocycles. The minimum absolute atomic E-state index is 0.640. The van der Waals surface area contributed by atoms with Crippen LogP contribution in [0.4, 0.5) is 0 Å². The van der Waals surface area contributed by atoms with Gasteiger partial charge in [-0.3, -0.25) is 9.48 Å². The van der Waals surface area contributed by atoms with Gasteiger partial charge in [0.25, 0.3) is 0 Å². The molecule has 2 aromatic rings. The monoisotopic (exact) mass is 276 g/mol. The molecule has 0 radical (unpaired) electrons. The maximum Gasteiger partial charge on any atom is 0.153 e. The number of aryl methyl sites for hydroxylation is 2. The first-order valence-corrected chi connectivity index (χ1v) is 7.57.